The molecule has 0 unspecified atom stereocenters. The van der Waals surface area contributed by atoms with Gasteiger partial charge in [0, 0.05) is 5.92 Å². The van der Waals surface area contributed by atoms with Crippen LogP contribution in [-0.2, 0) is 9.53 Å². The van der Waals surface area contributed by atoms with Crippen molar-refractivity contribution in [1.82, 2.24) is 0 Å². The van der Waals surface area contributed by atoms with Gasteiger partial charge in [-0.15, -0.1) is 0 Å². The maximum absolute atomic E-state index is 12.8. The zero-order valence-electron chi connectivity index (χ0n) is 18.0. The molecule has 0 N–H and O–H groups in total. The Hall–Kier alpha value is -1.31. The molecular formula is C24H38O2. The molecule has 0 aromatic rings. The van der Waals surface area contributed by atoms with Crippen LogP contribution < -0.4 is 0 Å². The summed E-state index contributed by atoms with van der Waals surface area (Å²) >= 11 is 0. The molecule has 0 aliphatic heterocycles. The molecule has 2 heteroatoms. The Bertz CT molecular complexity index is 600. The van der Waals surface area contributed by atoms with Gasteiger partial charge in [0.05, 0.1) is 5.41 Å². The molecular weight excluding hydrogens is 320 g/mol. The van der Waals surface area contributed by atoms with Gasteiger partial charge in [-0.2, -0.15) is 0 Å². The average Bonchev–Trinajstić information content (AvgIpc) is 2.53. The number of hydrogen-bond donors (Lipinski definition) is 0. The van der Waals surface area contributed by atoms with Crippen molar-refractivity contribution in [2.24, 2.45) is 34.5 Å². The largest absolute Gasteiger partial charge is 0.461 e. The molecule has 2 nitrogen and oxygen atoms in total. The van der Waals surface area contributed by atoms with Crippen LogP contribution in [0.3, 0.4) is 0 Å². The Balaban J connectivity index is 2.34. The second-order valence-corrected chi connectivity index (χ2v) is 10.1. The Morgan fingerprint density at radius 2 is 1.88 bits per heavy atom. The third-order valence-electron chi connectivity index (χ3n) is 5.99. The third-order valence-corrected chi connectivity index (χ3v) is 5.99. The molecule has 0 aromatic carbocycles. The second kappa shape index (κ2) is 7.74. The number of carbonyl (C=O) groups excluding carboxylic acids is 1. The molecule has 2 aliphatic carbocycles. The van der Waals surface area contributed by atoms with Crippen LogP contribution in [0.2, 0.25) is 0 Å². The highest BCUT2D eigenvalue weighted by Crippen LogP contribution is 2.44. The topological polar surface area (TPSA) is 26.3 Å². The zero-order chi connectivity index (χ0) is 19.7. The lowest BCUT2D eigenvalue weighted by atomic mass is 9.66. The van der Waals surface area contributed by atoms with Crippen LogP contribution in [0, 0.1) is 34.5 Å². The van der Waals surface area contributed by atoms with E-state index in [1.807, 2.05) is 13.8 Å². The van der Waals surface area contributed by atoms with Gasteiger partial charge in [-0.1, -0.05) is 71.9 Å². The Morgan fingerprint density at radius 3 is 2.46 bits per heavy atom. The fourth-order valence-electron chi connectivity index (χ4n) is 3.85. The molecule has 0 radical (unpaired) electrons. The van der Waals surface area contributed by atoms with Gasteiger partial charge in [0.1, 0.15) is 6.10 Å². The normalized spacial score (nSPS) is 32.3. The second-order valence-electron chi connectivity index (χ2n) is 10.1. The minimum absolute atomic E-state index is 0.0367. The lowest BCUT2D eigenvalue weighted by Gasteiger charge is -2.42. The smallest absolute Gasteiger partial charge is 0.311 e. The molecule has 0 fully saturated rings. The summed E-state index contributed by atoms with van der Waals surface area (Å²) in [6, 6.07) is 0. The number of ether oxygens (including phenoxy) is 1. The van der Waals surface area contributed by atoms with Crippen LogP contribution in [0.15, 0.2) is 36.0 Å². The van der Waals surface area contributed by atoms with E-state index in [9.17, 15) is 4.79 Å². The molecule has 5 atom stereocenters. The van der Waals surface area contributed by atoms with Crippen molar-refractivity contribution in [3.05, 3.63) is 36.0 Å². The van der Waals surface area contributed by atoms with E-state index in [4.69, 9.17) is 4.74 Å². The van der Waals surface area contributed by atoms with E-state index >= 15 is 0 Å². The van der Waals surface area contributed by atoms with Gasteiger partial charge in [0.25, 0.3) is 0 Å². The average molecular weight is 359 g/mol. The number of fused-ring (bicyclic) bond motifs is 1. The molecule has 0 spiro atoms. The van der Waals surface area contributed by atoms with E-state index in [0.717, 1.165) is 12.8 Å². The van der Waals surface area contributed by atoms with Gasteiger partial charge in [0.2, 0.25) is 0 Å². The SMILES string of the molecule is CCC(C)(C)C(=O)O[C@H]1C[C@@H](C)C=C2C=C[C@H](C)[C@H](/C=C/C(C)(C)C)[C@H]21. The molecule has 2 aliphatic rings. The lowest BCUT2D eigenvalue weighted by molar-refractivity contribution is -0.164. The monoisotopic (exact) mass is 358 g/mol. The summed E-state index contributed by atoms with van der Waals surface area (Å²) in [5.74, 6) is 1.47. The molecule has 0 saturated heterocycles. The van der Waals surface area contributed by atoms with Crippen LogP contribution in [-0.4, -0.2) is 12.1 Å². The maximum Gasteiger partial charge on any atom is 0.311 e. The first-order valence-corrected chi connectivity index (χ1v) is 10.2. The minimum atomic E-state index is -0.419. The number of allylic oxidation sites excluding steroid dienone is 5. The first kappa shape index (κ1) is 21.0. The van der Waals surface area contributed by atoms with E-state index in [0.29, 0.717) is 17.8 Å². The van der Waals surface area contributed by atoms with Gasteiger partial charge >= 0.3 is 5.97 Å². The summed E-state index contributed by atoms with van der Waals surface area (Å²) in [6.45, 7) is 17.2. The summed E-state index contributed by atoms with van der Waals surface area (Å²) in [5.41, 5.74) is 1.08. The van der Waals surface area contributed by atoms with Crippen LogP contribution >= 0.6 is 0 Å². The molecule has 26 heavy (non-hydrogen) atoms. The van der Waals surface area contributed by atoms with Crippen molar-refractivity contribution in [1.29, 1.82) is 0 Å². The van der Waals surface area contributed by atoms with Crippen molar-refractivity contribution in [3.8, 4) is 0 Å². The van der Waals surface area contributed by atoms with Crippen LogP contribution in [0.1, 0.15) is 68.2 Å². The van der Waals surface area contributed by atoms with E-state index in [2.05, 4.69) is 71.9 Å². The standard InChI is InChI=1S/C24H38O2/c1-9-24(7,8)22(25)26-20-15-16(2)14-18-11-10-17(3)19(21(18)20)12-13-23(4,5)6/h10-14,16-17,19-21H,9,15H2,1-8H3/b13-12+/t16-,17-,19-,20-,21-/m0/s1. The van der Waals surface area contributed by atoms with Gasteiger partial charge in [0.15, 0.2) is 0 Å². The highest BCUT2D eigenvalue weighted by atomic mass is 16.5. The molecule has 0 bridgehead atoms. The number of hydrogen-bond acceptors (Lipinski definition) is 2. The van der Waals surface area contributed by atoms with Crippen LogP contribution in [0.4, 0.5) is 0 Å². The van der Waals surface area contributed by atoms with Crippen LogP contribution in [0.5, 0.6) is 0 Å². The maximum atomic E-state index is 12.8. The molecule has 0 heterocycles. The highest BCUT2D eigenvalue weighted by Gasteiger charge is 2.42. The first-order chi connectivity index (χ1) is 11.9. The van der Waals surface area contributed by atoms with E-state index < -0.39 is 5.41 Å². The lowest BCUT2D eigenvalue weighted by Crippen LogP contribution is -2.42. The summed E-state index contributed by atoms with van der Waals surface area (Å²) in [4.78, 5) is 12.8. The molecule has 2 rings (SSSR count). The van der Waals surface area contributed by atoms with Gasteiger partial charge in [-0.25, -0.2) is 0 Å². The van der Waals surface area contributed by atoms with Crippen molar-refractivity contribution in [3.63, 3.8) is 0 Å². The summed E-state index contributed by atoms with van der Waals surface area (Å²) < 4.78 is 6.15. The summed E-state index contributed by atoms with van der Waals surface area (Å²) in [7, 11) is 0. The summed E-state index contributed by atoms with van der Waals surface area (Å²) in [6.07, 6.45) is 13.3. The number of esters is 1. The molecule has 0 amide bonds. The number of rotatable bonds is 4. The minimum Gasteiger partial charge on any atom is -0.461 e. The van der Waals surface area contributed by atoms with Gasteiger partial charge in [-0.05, 0) is 55.4 Å². The van der Waals surface area contributed by atoms with Crippen LogP contribution in [0.25, 0.3) is 0 Å². The molecule has 146 valence electrons. The predicted molar refractivity (Wildman–Crippen MR) is 110 cm³/mol. The Labute approximate surface area is 160 Å². The summed E-state index contributed by atoms with van der Waals surface area (Å²) in [5, 5.41) is 0. The van der Waals surface area contributed by atoms with Crippen molar-refractivity contribution < 1.29 is 9.53 Å². The Kier molecular flexibility index (Phi) is 6.25. The zero-order valence-corrected chi connectivity index (χ0v) is 18.0. The van der Waals surface area contributed by atoms with E-state index in [1.165, 1.54) is 5.57 Å². The third kappa shape index (κ3) is 4.90. The van der Waals surface area contributed by atoms with Gasteiger partial charge in [-0.3, -0.25) is 4.79 Å². The molecule has 0 saturated carbocycles. The highest BCUT2D eigenvalue weighted by molar-refractivity contribution is 5.76. The van der Waals surface area contributed by atoms with Gasteiger partial charge < -0.3 is 4.74 Å². The quantitative estimate of drug-likeness (QED) is 0.433. The van der Waals surface area contributed by atoms with E-state index in [1.54, 1.807) is 0 Å². The van der Waals surface area contributed by atoms with Crippen molar-refractivity contribution in [2.45, 2.75) is 74.3 Å². The number of carbonyl (C=O) groups is 1. The fraction of sp³-hybridized carbons (Fsp3) is 0.708. The fourth-order valence-corrected chi connectivity index (χ4v) is 3.85. The van der Waals surface area contributed by atoms with E-state index in [-0.39, 0.29) is 23.4 Å². The van der Waals surface area contributed by atoms with Crippen molar-refractivity contribution >= 4 is 5.97 Å². The Morgan fingerprint density at radius 1 is 1.23 bits per heavy atom. The predicted octanol–water partition coefficient (Wildman–Crippen LogP) is 6.34. The van der Waals surface area contributed by atoms with Crippen molar-refractivity contribution in [2.75, 3.05) is 0 Å². The molecule has 0 aromatic heterocycles. The first-order valence-electron chi connectivity index (χ1n) is 10.2.